The maximum Gasteiger partial charge on any atom is 0.414 e. The molecule has 1 rings (SSSR count). The highest BCUT2D eigenvalue weighted by molar-refractivity contribution is 6.27. The zero-order valence-electron chi connectivity index (χ0n) is 16.0. The molecule has 10 heteroatoms. The highest BCUT2D eigenvalue weighted by Gasteiger charge is 2.26. The first-order chi connectivity index (χ1) is 13.2. The van der Waals surface area contributed by atoms with E-state index in [1.165, 1.54) is 0 Å². The lowest BCUT2D eigenvalue weighted by atomic mass is 9.98. The number of carbonyl (C=O) groups is 2. The summed E-state index contributed by atoms with van der Waals surface area (Å²) in [6.45, 7) is 2.29. The molecule has 1 aromatic rings. The second-order valence-electron chi connectivity index (χ2n) is 5.96. The van der Waals surface area contributed by atoms with Crippen LogP contribution in [-0.4, -0.2) is 82.6 Å². The van der Waals surface area contributed by atoms with E-state index in [4.69, 9.17) is 29.3 Å². The minimum Gasteiger partial charge on any atom is -0.497 e. The lowest BCUT2D eigenvalue weighted by Gasteiger charge is -2.30. The summed E-state index contributed by atoms with van der Waals surface area (Å²) in [6.07, 6.45) is -0.146. The number of aliphatic hydroxyl groups excluding tert-OH is 3. The van der Waals surface area contributed by atoms with E-state index >= 15 is 0 Å². The van der Waals surface area contributed by atoms with Crippen LogP contribution in [0, 0.1) is 0 Å². The van der Waals surface area contributed by atoms with E-state index in [9.17, 15) is 15.3 Å². The van der Waals surface area contributed by atoms with Crippen LogP contribution in [0.15, 0.2) is 24.3 Å². The topological polar surface area (TPSA) is 166 Å². The molecule has 0 amide bonds. The van der Waals surface area contributed by atoms with Gasteiger partial charge in [-0.2, -0.15) is 0 Å². The van der Waals surface area contributed by atoms with Crippen LogP contribution in [0.5, 0.6) is 5.75 Å². The van der Waals surface area contributed by atoms with Gasteiger partial charge >= 0.3 is 11.9 Å². The van der Waals surface area contributed by atoms with Crippen LogP contribution in [0.1, 0.15) is 18.9 Å². The van der Waals surface area contributed by atoms with E-state index in [1.54, 1.807) is 7.11 Å². The SMILES string of the molecule is CCC(CO)(CO)NCC(O)COCc1cccc(OC)c1.O=C(O)C(=O)O. The summed E-state index contributed by atoms with van der Waals surface area (Å²) in [5.74, 6) is -2.88. The van der Waals surface area contributed by atoms with Gasteiger partial charge in [-0.1, -0.05) is 19.1 Å². The molecule has 0 aromatic heterocycles. The van der Waals surface area contributed by atoms with Gasteiger partial charge in [0.15, 0.2) is 0 Å². The van der Waals surface area contributed by atoms with Crippen molar-refractivity contribution in [2.24, 2.45) is 0 Å². The Bertz CT molecular complexity index is 570. The molecule has 1 atom stereocenters. The highest BCUT2D eigenvalue weighted by Crippen LogP contribution is 2.13. The Labute approximate surface area is 163 Å². The number of hydrogen-bond donors (Lipinski definition) is 6. The highest BCUT2D eigenvalue weighted by atomic mass is 16.5. The van der Waals surface area contributed by atoms with Crippen molar-refractivity contribution in [2.75, 3.05) is 33.5 Å². The lowest BCUT2D eigenvalue weighted by molar-refractivity contribution is -0.159. The van der Waals surface area contributed by atoms with Gasteiger partial charge in [-0.05, 0) is 24.1 Å². The maximum absolute atomic E-state index is 9.90. The summed E-state index contributed by atoms with van der Waals surface area (Å²) in [5, 5.41) is 46.3. The Morgan fingerprint density at radius 1 is 1.18 bits per heavy atom. The number of hydrogen-bond acceptors (Lipinski definition) is 8. The van der Waals surface area contributed by atoms with Crippen LogP contribution in [-0.2, 0) is 20.9 Å². The van der Waals surface area contributed by atoms with Gasteiger partial charge in [0, 0.05) is 6.54 Å². The number of β-amino-alcohol motifs (C(OH)–C–C–N with tert-alkyl or cyclic N) is 1. The monoisotopic (exact) mass is 403 g/mol. The van der Waals surface area contributed by atoms with E-state index in [1.807, 2.05) is 31.2 Å². The Morgan fingerprint density at radius 2 is 1.79 bits per heavy atom. The molecule has 10 nitrogen and oxygen atoms in total. The summed E-state index contributed by atoms with van der Waals surface area (Å²) in [6, 6.07) is 7.54. The Hall–Kier alpha value is -2.24. The fourth-order valence-corrected chi connectivity index (χ4v) is 1.98. The molecule has 160 valence electrons. The molecule has 0 saturated carbocycles. The van der Waals surface area contributed by atoms with Crippen LogP contribution in [0.4, 0.5) is 0 Å². The number of methoxy groups -OCH3 is 1. The third-order valence-electron chi connectivity index (χ3n) is 3.89. The zero-order chi connectivity index (χ0) is 21.6. The van der Waals surface area contributed by atoms with Crippen LogP contribution in [0.25, 0.3) is 0 Å². The molecule has 0 heterocycles. The number of benzene rings is 1. The van der Waals surface area contributed by atoms with Gasteiger partial charge in [-0.25, -0.2) is 9.59 Å². The van der Waals surface area contributed by atoms with Crippen molar-refractivity contribution in [3.05, 3.63) is 29.8 Å². The van der Waals surface area contributed by atoms with Crippen molar-refractivity contribution in [3.8, 4) is 5.75 Å². The van der Waals surface area contributed by atoms with E-state index in [0.29, 0.717) is 13.0 Å². The van der Waals surface area contributed by atoms with E-state index in [0.717, 1.165) is 11.3 Å². The lowest BCUT2D eigenvalue weighted by Crippen LogP contribution is -2.53. The molecule has 0 bridgehead atoms. The van der Waals surface area contributed by atoms with Crippen LogP contribution < -0.4 is 10.1 Å². The van der Waals surface area contributed by atoms with Gasteiger partial charge in [0.2, 0.25) is 0 Å². The Balaban J connectivity index is 0.00000105. The van der Waals surface area contributed by atoms with Crippen molar-refractivity contribution in [2.45, 2.75) is 31.6 Å². The van der Waals surface area contributed by atoms with E-state index in [-0.39, 0.29) is 26.4 Å². The molecule has 1 aromatic carbocycles. The quantitative estimate of drug-likeness (QED) is 0.264. The average Bonchev–Trinajstić information content (AvgIpc) is 2.70. The number of aliphatic carboxylic acids is 2. The van der Waals surface area contributed by atoms with Crippen LogP contribution in [0.2, 0.25) is 0 Å². The van der Waals surface area contributed by atoms with E-state index < -0.39 is 23.6 Å². The predicted molar refractivity (Wildman–Crippen MR) is 99.1 cm³/mol. The molecule has 0 saturated heterocycles. The molecule has 0 spiro atoms. The number of nitrogens with one attached hydrogen (secondary N) is 1. The first-order valence-corrected chi connectivity index (χ1v) is 8.55. The summed E-state index contributed by atoms with van der Waals surface area (Å²) >= 11 is 0. The first kappa shape index (κ1) is 25.8. The zero-order valence-corrected chi connectivity index (χ0v) is 16.0. The molecule has 1 unspecified atom stereocenters. The fourth-order valence-electron chi connectivity index (χ4n) is 1.98. The first-order valence-electron chi connectivity index (χ1n) is 8.55. The van der Waals surface area contributed by atoms with Crippen molar-refractivity contribution in [3.63, 3.8) is 0 Å². The summed E-state index contributed by atoms with van der Waals surface area (Å²) in [7, 11) is 1.61. The molecule has 0 aliphatic rings. The standard InChI is InChI=1S/C16H27NO5.C2H2O4/c1-3-16(11-18,12-19)17-8-14(20)10-22-9-13-5-4-6-15(7-13)21-2;3-1(4)2(5)6/h4-7,14,17-20H,3,8-12H2,1-2H3;(H,3,4)(H,5,6). The van der Waals surface area contributed by atoms with Crippen molar-refractivity contribution < 1.29 is 44.6 Å². The number of aliphatic hydroxyl groups is 3. The molecular weight excluding hydrogens is 374 g/mol. The van der Waals surface area contributed by atoms with Gasteiger partial charge in [-0.15, -0.1) is 0 Å². The maximum atomic E-state index is 9.90. The van der Waals surface area contributed by atoms with Gasteiger partial charge < -0.3 is 40.3 Å². The van der Waals surface area contributed by atoms with Crippen molar-refractivity contribution in [1.82, 2.24) is 5.32 Å². The van der Waals surface area contributed by atoms with Crippen LogP contribution in [0.3, 0.4) is 0 Å². The second-order valence-corrected chi connectivity index (χ2v) is 5.96. The third kappa shape index (κ3) is 10.2. The summed E-state index contributed by atoms with van der Waals surface area (Å²) in [4.78, 5) is 18.2. The summed E-state index contributed by atoms with van der Waals surface area (Å²) in [5.41, 5.74) is 0.210. The van der Waals surface area contributed by atoms with Gasteiger partial charge in [0.1, 0.15) is 5.75 Å². The number of ether oxygens (including phenoxy) is 2. The summed E-state index contributed by atoms with van der Waals surface area (Å²) < 4.78 is 10.6. The molecule has 28 heavy (non-hydrogen) atoms. The molecule has 0 aliphatic carbocycles. The van der Waals surface area contributed by atoms with E-state index in [2.05, 4.69) is 5.32 Å². The molecule has 0 aliphatic heterocycles. The average molecular weight is 403 g/mol. The smallest absolute Gasteiger partial charge is 0.414 e. The Morgan fingerprint density at radius 3 is 2.25 bits per heavy atom. The van der Waals surface area contributed by atoms with Crippen LogP contribution >= 0.6 is 0 Å². The second kappa shape index (κ2) is 13.9. The van der Waals surface area contributed by atoms with Gasteiger partial charge in [0.05, 0.1) is 45.2 Å². The van der Waals surface area contributed by atoms with Gasteiger partial charge in [-0.3, -0.25) is 0 Å². The molecular formula is C18H29NO9. The number of carboxylic acid groups (broad SMARTS) is 2. The number of rotatable bonds is 11. The van der Waals surface area contributed by atoms with Gasteiger partial charge in [0.25, 0.3) is 0 Å². The molecule has 0 radical (unpaired) electrons. The predicted octanol–water partition coefficient (Wildman–Crippen LogP) is -0.549. The fraction of sp³-hybridized carbons (Fsp3) is 0.556. The number of carboxylic acids is 2. The van der Waals surface area contributed by atoms with Crippen molar-refractivity contribution >= 4 is 11.9 Å². The van der Waals surface area contributed by atoms with Crippen molar-refractivity contribution in [1.29, 1.82) is 0 Å². The molecule has 6 N–H and O–H groups in total. The minimum atomic E-state index is -1.82. The minimum absolute atomic E-state index is 0.168. The normalized spacial score (nSPS) is 11.9. The Kier molecular flexibility index (Phi) is 12.7. The largest absolute Gasteiger partial charge is 0.497 e. The molecule has 0 fully saturated rings. The third-order valence-corrected chi connectivity index (χ3v) is 3.89.